The molecule has 20 heavy (non-hydrogen) atoms. The SMILES string of the molecule is CCCNc1cc(C(=O)Nc2ccc(F)cc2)ccn1. The summed E-state index contributed by atoms with van der Waals surface area (Å²) >= 11 is 0. The highest BCUT2D eigenvalue weighted by Gasteiger charge is 2.07. The van der Waals surface area contributed by atoms with E-state index in [-0.39, 0.29) is 11.7 Å². The number of benzene rings is 1. The number of pyridine rings is 1. The predicted octanol–water partition coefficient (Wildman–Crippen LogP) is 3.29. The topological polar surface area (TPSA) is 54.0 Å². The van der Waals surface area contributed by atoms with E-state index in [1.807, 2.05) is 0 Å². The molecule has 0 aliphatic carbocycles. The van der Waals surface area contributed by atoms with Crippen molar-refractivity contribution < 1.29 is 9.18 Å². The van der Waals surface area contributed by atoms with Crippen molar-refractivity contribution >= 4 is 17.4 Å². The Labute approximate surface area is 117 Å². The summed E-state index contributed by atoms with van der Waals surface area (Å²) in [5, 5.41) is 5.83. The summed E-state index contributed by atoms with van der Waals surface area (Å²) < 4.78 is 12.8. The van der Waals surface area contributed by atoms with E-state index in [2.05, 4.69) is 22.5 Å². The lowest BCUT2D eigenvalue weighted by Crippen LogP contribution is -2.13. The maximum absolute atomic E-state index is 12.8. The molecule has 5 heteroatoms. The van der Waals surface area contributed by atoms with E-state index in [4.69, 9.17) is 0 Å². The molecule has 0 unspecified atom stereocenters. The van der Waals surface area contributed by atoms with Gasteiger partial charge in [-0.05, 0) is 42.8 Å². The van der Waals surface area contributed by atoms with Crippen molar-refractivity contribution in [3.63, 3.8) is 0 Å². The van der Waals surface area contributed by atoms with Gasteiger partial charge in [0.05, 0.1) is 0 Å². The van der Waals surface area contributed by atoms with Gasteiger partial charge in [-0.15, -0.1) is 0 Å². The van der Waals surface area contributed by atoms with Gasteiger partial charge in [0.2, 0.25) is 0 Å². The molecule has 2 rings (SSSR count). The first-order chi connectivity index (χ1) is 9.69. The molecule has 1 amide bonds. The second-order valence-corrected chi connectivity index (χ2v) is 4.32. The van der Waals surface area contributed by atoms with Gasteiger partial charge in [0.25, 0.3) is 5.91 Å². The lowest BCUT2D eigenvalue weighted by molar-refractivity contribution is 0.102. The van der Waals surface area contributed by atoms with Crippen molar-refractivity contribution in [1.82, 2.24) is 4.98 Å². The summed E-state index contributed by atoms with van der Waals surface area (Å²) in [6.07, 6.45) is 2.56. The van der Waals surface area contributed by atoms with Crippen LogP contribution in [-0.2, 0) is 0 Å². The molecule has 0 spiro atoms. The highest BCUT2D eigenvalue weighted by Crippen LogP contribution is 2.12. The van der Waals surface area contributed by atoms with E-state index in [9.17, 15) is 9.18 Å². The Hall–Kier alpha value is -2.43. The first kappa shape index (κ1) is 14.0. The molecule has 2 aromatic rings. The van der Waals surface area contributed by atoms with Crippen LogP contribution in [0, 0.1) is 5.82 Å². The standard InChI is InChI=1S/C15H16FN3O/c1-2-8-17-14-10-11(7-9-18-14)15(20)19-13-5-3-12(16)4-6-13/h3-7,9-10H,2,8H2,1H3,(H,17,18)(H,19,20). The Morgan fingerprint density at radius 1 is 1.25 bits per heavy atom. The Balaban J connectivity index is 2.06. The van der Waals surface area contributed by atoms with Crippen molar-refractivity contribution in [1.29, 1.82) is 0 Å². The van der Waals surface area contributed by atoms with Gasteiger partial charge in [-0.3, -0.25) is 4.79 Å². The van der Waals surface area contributed by atoms with Crippen molar-refractivity contribution in [2.45, 2.75) is 13.3 Å². The Morgan fingerprint density at radius 2 is 2.00 bits per heavy atom. The molecule has 1 heterocycles. The third-order valence-corrected chi connectivity index (χ3v) is 2.68. The van der Waals surface area contributed by atoms with Crippen LogP contribution in [0.2, 0.25) is 0 Å². The van der Waals surface area contributed by atoms with Crippen molar-refractivity contribution in [2.75, 3.05) is 17.2 Å². The largest absolute Gasteiger partial charge is 0.370 e. The normalized spacial score (nSPS) is 10.1. The molecule has 0 aliphatic heterocycles. The third kappa shape index (κ3) is 3.78. The van der Waals surface area contributed by atoms with Crippen molar-refractivity contribution in [3.05, 3.63) is 54.0 Å². The maximum atomic E-state index is 12.8. The van der Waals surface area contributed by atoms with Gasteiger partial charge in [-0.1, -0.05) is 6.92 Å². The monoisotopic (exact) mass is 273 g/mol. The molecule has 104 valence electrons. The summed E-state index contributed by atoms with van der Waals surface area (Å²) in [5.74, 6) is 0.0788. The number of amides is 1. The molecule has 2 N–H and O–H groups in total. The number of hydrogen-bond acceptors (Lipinski definition) is 3. The molecule has 0 fully saturated rings. The van der Waals surface area contributed by atoms with E-state index in [1.54, 1.807) is 18.3 Å². The van der Waals surface area contributed by atoms with Gasteiger partial charge in [0.15, 0.2) is 0 Å². The Bertz CT molecular complexity index is 584. The number of aromatic nitrogens is 1. The first-order valence-electron chi connectivity index (χ1n) is 6.46. The first-order valence-corrected chi connectivity index (χ1v) is 6.46. The minimum atomic E-state index is -0.335. The quantitative estimate of drug-likeness (QED) is 0.879. The Morgan fingerprint density at radius 3 is 2.70 bits per heavy atom. The Kier molecular flexibility index (Phi) is 4.65. The molecule has 0 bridgehead atoms. The third-order valence-electron chi connectivity index (χ3n) is 2.68. The number of hydrogen-bond donors (Lipinski definition) is 2. The van der Waals surface area contributed by atoms with Crippen LogP contribution >= 0.6 is 0 Å². The summed E-state index contributed by atoms with van der Waals surface area (Å²) in [6.45, 7) is 2.86. The second kappa shape index (κ2) is 6.65. The van der Waals surface area contributed by atoms with Crippen LogP contribution < -0.4 is 10.6 Å². The fourth-order valence-electron chi connectivity index (χ4n) is 1.66. The predicted molar refractivity (Wildman–Crippen MR) is 77.4 cm³/mol. The van der Waals surface area contributed by atoms with Gasteiger partial charge < -0.3 is 10.6 Å². The molecular formula is C15H16FN3O. The van der Waals surface area contributed by atoms with Crippen LogP contribution in [0.4, 0.5) is 15.9 Å². The zero-order valence-electron chi connectivity index (χ0n) is 11.2. The average molecular weight is 273 g/mol. The van der Waals surface area contributed by atoms with Gasteiger partial charge in [0.1, 0.15) is 11.6 Å². The van der Waals surface area contributed by atoms with Crippen molar-refractivity contribution in [2.24, 2.45) is 0 Å². The molecule has 1 aromatic carbocycles. The molecular weight excluding hydrogens is 257 g/mol. The average Bonchev–Trinajstić information content (AvgIpc) is 2.48. The van der Waals surface area contributed by atoms with Gasteiger partial charge >= 0.3 is 0 Å². The molecule has 0 saturated carbocycles. The number of halogens is 1. The maximum Gasteiger partial charge on any atom is 0.255 e. The van der Waals surface area contributed by atoms with E-state index in [0.29, 0.717) is 17.1 Å². The zero-order chi connectivity index (χ0) is 14.4. The number of rotatable bonds is 5. The van der Waals surface area contributed by atoms with Crippen LogP contribution in [0.15, 0.2) is 42.6 Å². The van der Waals surface area contributed by atoms with Crippen LogP contribution in [0.25, 0.3) is 0 Å². The van der Waals surface area contributed by atoms with Crippen molar-refractivity contribution in [3.8, 4) is 0 Å². The van der Waals surface area contributed by atoms with Crippen LogP contribution in [-0.4, -0.2) is 17.4 Å². The van der Waals surface area contributed by atoms with Crippen LogP contribution in [0.3, 0.4) is 0 Å². The lowest BCUT2D eigenvalue weighted by Gasteiger charge is -2.07. The number of carbonyl (C=O) groups is 1. The summed E-state index contributed by atoms with van der Waals surface area (Å²) in [6, 6.07) is 8.96. The second-order valence-electron chi connectivity index (χ2n) is 4.32. The smallest absolute Gasteiger partial charge is 0.255 e. The van der Waals surface area contributed by atoms with E-state index in [0.717, 1.165) is 13.0 Å². The van der Waals surface area contributed by atoms with Gasteiger partial charge in [0, 0.05) is 24.0 Å². The van der Waals surface area contributed by atoms with E-state index < -0.39 is 0 Å². The van der Waals surface area contributed by atoms with E-state index >= 15 is 0 Å². The minimum absolute atomic E-state index is 0.251. The van der Waals surface area contributed by atoms with Gasteiger partial charge in [-0.25, -0.2) is 9.37 Å². The highest BCUT2D eigenvalue weighted by molar-refractivity contribution is 6.04. The molecule has 0 atom stereocenters. The molecule has 4 nitrogen and oxygen atoms in total. The summed E-state index contributed by atoms with van der Waals surface area (Å²) in [7, 11) is 0. The molecule has 0 aliphatic rings. The lowest BCUT2D eigenvalue weighted by atomic mass is 10.2. The van der Waals surface area contributed by atoms with Gasteiger partial charge in [-0.2, -0.15) is 0 Å². The molecule has 0 saturated heterocycles. The van der Waals surface area contributed by atoms with E-state index in [1.165, 1.54) is 24.3 Å². The molecule has 0 radical (unpaired) electrons. The number of nitrogens with zero attached hydrogens (tertiary/aromatic N) is 1. The summed E-state index contributed by atoms with van der Waals surface area (Å²) in [4.78, 5) is 16.2. The summed E-state index contributed by atoms with van der Waals surface area (Å²) in [5.41, 5.74) is 1.05. The van der Waals surface area contributed by atoms with Crippen LogP contribution in [0.1, 0.15) is 23.7 Å². The number of carbonyl (C=O) groups excluding carboxylic acids is 1. The zero-order valence-corrected chi connectivity index (χ0v) is 11.2. The molecule has 1 aromatic heterocycles. The fraction of sp³-hybridized carbons (Fsp3) is 0.200. The van der Waals surface area contributed by atoms with Crippen LogP contribution in [0.5, 0.6) is 0 Å². The number of anilines is 2. The number of nitrogens with one attached hydrogen (secondary N) is 2. The fourth-order valence-corrected chi connectivity index (χ4v) is 1.66. The highest BCUT2D eigenvalue weighted by atomic mass is 19.1. The minimum Gasteiger partial charge on any atom is -0.370 e.